The molecular formula is C19H17N3O2. The van der Waals surface area contributed by atoms with Gasteiger partial charge in [-0.1, -0.05) is 24.3 Å². The number of fused-ring (bicyclic) bond motifs is 1. The second-order valence-corrected chi connectivity index (χ2v) is 5.10. The maximum atomic E-state index is 11.9. The molecule has 0 radical (unpaired) electrons. The van der Waals surface area contributed by atoms with Gasteiger partial charge in [0.15, 0.2) is 0 Å². The number of rotatable bonds is 5. The normalized spacial score (nSPS) is 11.4. The summed E-state index contributed by atoms with van der Waals surface area (Å²) in [6, 6.07) is 14.9. The molecule has 120 valence electrons. The largest absolute Gasteiger partial charge is 0.497 e. The van der Waals surface area contributed by atoms with Crippen LogP contribution in [0, 0.1) is 0 Å². The lowest BCUT2D eigenvalue weighted by Gasteiger charge is -2.01. The Morgan fingerprint density at radius 2 is 1.96 bits per heavy atom. The third-order valence-electron chi connectivity index (χ3n) is 3.58. The number of carbonyl (C=O) groups is 1. The van der Waals surface area contributed by atoms with Crippen molar-refractivity contribution >= 4 is 29.1 Å². The van der Waals surface area contributed by atoms with E-state index >= 15 is 0 Å². The molecule has 0 spiro atoms. The number of hydrazone groups is 1. The third-order valence-corrected chi connectivity index (χ3v) is 3.58. The van der Waals surface area contributed by atoms with Crippen LogP contribution in [0.5, 0.6) is 5.75 Å². The number of hydrogen-bond acceptors (Lipinski definition) is 3. The number of nitrogens with zero attached hydrogens (tertiary/aromatic N) is 1. The molecule has 2 aromatic carbocycles. The Morgan fingerprint density at radius 3 is 2.75 bits per heavy atom. The van der Waals surface area contributed by atoms with Gasteiger partial charge in [0.05, 0.1) is 7.11 Å². The first-order valence-electron chi connectivity index (χ1n) is 7.48. The molecule has 0 aliphatic carbocycles. The van der Waals surface area contributed by atoms with Crippen molar-refractivity contribution in [3.8, 4) is 5.75 Å². The Morgan fingerprint density at radius 1 is 1.17 bits per heavy atom. The van der Waals surface area contributed by atoms with E-state index in [0.29, 0.717) is 11.3 Å². The van der Waals surface area contributed by atoms with Gasteiger partial charge in [0, 0.05) is 28.9 Å². The molecule has 1 heterocycles. The number of aromatic nitrogens is 1. The van der Waals surface area contributed by atoms with E-state index in [1.54, 1.807) is 43.7 Å². The van der Waals surface area contributed by atoms with E-state index in [9.17, 15) is 4.79 Å². The number of amides is 1. The summed E-state index contributed by atoms with van der Waals surface area (Å²) in [5.41, 5.74) is 5.16. The van der Waals surface area contributed by atoms with E-state index in [4.69, 9.17) is 4.74 Å². The highest BCUT2D eigenvalue weighted by Crippen LogP contribution is 2.18. The summed E-state index contributed by atoms with van der Waals surface area (Å²) < 4.78 is 5.05. The zero-order chi connectivity index (χ0) is 16.8. The molecule has 0 aliphatic rings. The summed E-state index contributed by atoms with van der Waals surface area (Å²) in [6.45, 7) is 0. The van der Waals surface area contributed by atoms with E-state index in [-0.39, 0.29) is 5.91 Å². The maximum absolute atomic E-state index is 11.9. The van der Waals surface area contributed by atoms with Crippen LogP contribution in [0.1, 0.15) is 15.9 Å². The molecule has 0 aliphatic heterocycles. The number of allylic oxidation sites excluding steroid dienone is 1. The predicted molar refractivity (Wildman–Crippen MR) is 96.3 cm³/mol. The highest BCUT2D eigenvalue weighted by Gasteiger charge is 2.03. The van der Waals surface area contributed by atoms with Crippen molar-refractivity contribution in [2.24, 2.45) is 5.10 Å². The third kappa shape index (κ3) is 3.52. The van der Waals surface area contributed by atoms with Gasteiger partial charge in [-0.25, -0.2) is 5.43 Å². The van der Waals surface area contributed by atoms with Gasteiger partial charge in [-0.2, -0.15) is 5.10 Å². The number of carbonyl (C=O) groups excluding carboxylic acids is 1. The van der Waals surface area contributed by atoms with Crippen molar-refractivity contribution < 1.29 is 9.53 Å². The van der Waals surface area contributed by atoms with E-state index in [1.807, 2.05) is 36.5 Å². The molecule has 1 amide bonds. The first-order valence-corrected chi connectivity index (χ1v) is 7.48. The van der Waals surface area contributed by atoms with Gasteiger partial charge in [0.1, 0.15) is 5.75 Å². The minimum atomic E-state index is -0.269. The molecule has 0 unspecified atom stereocenters. The fourth-order valence-corrected chi connectivity index (χ4v) is 2.32. The van der Waals surface area contributed by atoms with Crippen LogP contribution in [-0.4, -0.2) is 24.2 Å². The van der Waals surface area contributed by atoms with Gasteiger partial charge in [0.25, 0.3) is 5.91 Å². The average Bonchev–Trinajstić information content (AvgIpc) is 3.04. The fourth-order valence-electron chi connectivity index (χ4n) is 2.32. The molecule has 0 saturated carbocycles. The Labute approximate surface area is 139 Å². The molecule has 3 aromatic rings. The van der Waals surface area contributed by atoms with E-state index in [0.717, 1.165) is 16.5 Å². The van der Waals surface area contributed by atoms with Crippen molar-refractivity contribution in [3.05, 3.63) is 71.9 Å². The van der Waals surface area contributed by atoms with Gasteiger partial charge < -0.3 is 9.72 Å². The van der Waals surface area contributed by atoms with Gasteiger partial charge in [-0.05, 0) is 42.0 Å². The molecule has 0 atom stereocenters. The lowest BCUT2D eigenvalue weighted by Crippen LogP contribution is -2.17. The summed E-state index contributed by atoms with van der Waals surface area (Å²) >= 11 is 0. The quantitative estimate of drug-likeness (QED) is 0.557. The van der Waals surface area contributed by atoms with Crippen LogP contribution in [0.25, 0.3) is 17.0 Å². The average molecular weight is 319 g/mol. The molecule has 0 saturated heterocycles. The van der Waals surface area contributed by atoms with Crippen LogP contribution >= 0.6 is 0 Å². The molecule has 0 bridgehead atoms. The lowest BCUT2D eigenvalue weighted by molar-refractivity contribution is 0.0955. The zero-order valence-corrected chi connectivity index (χ0v) is 13.2. The second kappa shape index (κ2) is 7.28. The minimum Gasteiger partial charge on any atom is -0.497 e. The van der Waals surface area contributed by atoms with Crippen molar-refractivity contribution in [1.29, 1.82) is 0 Å². The number of nitrogens with one attached hydrogen (secondary N) is 2. The predicted octanol–water partition coefficient (Wildman–Crippen LogP) is 3.61. The fraction of sp³-hybridized carbons (Fsp3) is 0.0526. The number of hydrogen-bond donors (Lipinski definition) is 2. The zero-order valence-electron chi connectivity index (χ0n) is 13.2. The number of para-hydroxylation sites is 1. The van der Waals surface area contributed by atoms with Crippen LogP contribution in [0.15, 0.2) is 65.9 Å². The first kappa shape index (κ1) is 15.6. The molecule has 5 heteroatoms. The van der Waals surface area contributed by atoms with E-state index < -0.39 is 0 Å². The van der Waals surface area contributed by atoms with Crippen molar-refractivity contribution in [2.45, 2.75) is 0 Å². The SMILES string of the molecule is COc1ccc(C(=O)N/N=C/C=C/c2c[nH]c3ccccc23)cc1. The summed E-state index contributed by atoms with van der Waals surface area (Å²) in [4.78, 5) is 15.1. The van der Waals surface area contributed by atoms with Crippen LogP contribution in [0.4, 0.5) is 0 Å². The van der Waals surface area contributed by atoms with Gasteiger partial charge in [0.2, 0.25) is 0 Å². The molecule has 0 fully saturated rings. The number of methoxy groups -OCH3 is 1. The Kier molecular flexibility index (Phi) is 4.72. The number of benzene rings is 2. The maximum Gasteiger partial charge on any atom is 0.271 e. The van der Waals surface area contributed by atoms with E-state index in [2.05, 4.69) is 15.5 Å². The second-order valence-electron chi connectivity index (χ2n) is 5.10. The molecular weight excluding hydrogens is 302 g/mol. The minimum absolute atomic E-state index is 0.269. The standard InChI is InChI=1S/C19H17N3O2/c1-24-16-10-8-14(9-11-16)19(23)22-21-12-4-5-15-13-20-18-7-3-2-6-17(15)18/h2-13,20H,1H3,(H,22,23)/b5-4+,21-12+. The van der Waals surface area contributed by atoms with Crippen LogP contribution in [-0.2, 0) is 0 Å². The monoisotopic (exact) mass is 319 g/mol. The number of H-pyrrole nitrogens is 1. The Balaban J connectivity index is 1.59. The molecule has 24 heavy (non-hydrogen) atoms. The number of ether oxygens (including phenoxy) is 1. The highest BCUT2D eigenvalue weighted by atomic mass is 16.5. The Hall–Kier alpha value is -3.34. The van der Waals surface area contributed by atoms with Crippen molar-refractivity contribution in [3.63, 3.8) is 0 Å². The van der Waals surface area contributed by atoms with Crippen molar-refractivity contribution in [2.75, 3.05) is 7.11 Å². The highest BCUT2D eigenvalue weighted by molar-refractivity contribution is 5.95. The number of aromatic amines is 1. The lowest BCUT2D eigenvalue weighted by atomic mass is 10.2. The summed E-state index contributed by atoms with van der Waals surface area (Å²) in [6.07, 6.45) is 7.19. The van der Waals surface area contributed by atoms with Crippen LogP contribution < -0.4 is 10.2 Å². The van der Waals surface area contributed by atoms with Crippen molar-refractivity contribution in [1.82, 2.24) is 10.4 Å². The summed E-state index contributed by atoms with van der Waals surface area (Å²) in [7, 11) is 1.58. The Bertz CT molecular complexity index is 892. The van der Waals surface area contributed by atoms with Gasteiger partial charge in [-0.15, -0.1) is 0 Å². The molecule has 5 nitrogen and oxygen atoms in total. The van der Waals surface area contributed by atoms with Gasteiger partial charge >= 0.3 is 0 Å². The van der Waals surface area contributed by atoms with Crippen LogP contribution in [0.3, 0.4) is 0 Å². The van der Waals surface area contributed by atoms with Gasteiger partial charge in [-0.3, -0.25) is 4.79 Å². The molecule has 1 aromatic heterocycles. The smallest absolute Gasteiger partial charge is 0.271 e. The molecule has 2 N–H and O–H groups in total. The summed E-state index contributed by atoms with van der Waals surface area (Å²) in [5.74, 6) is 0.436. The van der Waals surface area contributed by atoms with Crippen LogP contribution in [0.2, 0.25) is 0 Å². The summed E-state index contributed by atoms with van der Waals surface area (Å²) in [5, 5.41) is 5.06. The topological polar surface area (TPSA) is 66.5 Å². The van der Waals surface area contributed by atoms with E-state index in [1.165, 1.54) is 0 Å². The first-order chi connectivity index (χ1) is 11.8. The molecule has 3 rings (SSSR count).